The summed E-state index contributed by atoms with van der Waals surface area (Å²) in [6, 6.07) is 4.03. The number of rotatable bonds is 2. The lowest BCUT2D eigenvalue weighted by molar-refractivity contribution is 0.191. The van der Waals surface area contributed by atoms with Crippen molar-refractivity contribution in [2.75, 3.05) is 6.54 Å². The number of fused-ring (bicyclic) bond motifs is 1. The summed E-state index contributed by atoms with van der Waals surface area (Å²) in [7, 11) is -3.81. The molecular weight excluding hydrogens is 245 g/mol. The van der Waals surface area contributed by atoms with Gasteiger partial charge in [-0.15, -0.1) is 0 Å². The van der Waals surface area contributed by atoms with E-state index in [4.69, 9.17) is 4.74 Å². The molecule has 4 nitrogen and oxygen atoms in total. The molecule has 1 aliphatic rings. The zero-order valence-electron chi connectivity index (χ0n) is 9.44. The van der Waals surface area contributed by atoms with Gasteiger partial charge in [0.05, 0.1) is 0 Å². The first-order valence-corrected chi connectivity index (χ1v) is 6.97. The first-order valence-electron chi connectivity index (χ1n) is 5.49. The predicted molar refractivity (Wildman–Crippen MR) is 60.9 cm³/mol. The second-order valence-electron chi connectivity index (χ2n) is 3.95. The first-order chi connectivity index (χ1) is 8.04. The van der Waals surface area contributed by atoms with Gasteiger partial charge >= 0.3 is 0 Å². The topological polar surface area (TPSA) is 55.4 Å². The average molecular weight is 259 g/mol. The predicted octanol–water partition coefficient (Wildman–Crippen LogP) is 1.67. The van der Waals surface area contributed by atoms with Crippen molar-refractivity contribution < 1.29 is 17.5 Å². The van der Waals surface area contributed by atoms with Gasteiger partial charge in [-0.3, -0.25) is 0 Å². The van der Waals surface area contributed by atoms with Gasteiger partial charge in [0.2, 0.25) is 10.0 Å². The SMILES string of the molecule is CCC[C@@H]1CNS(=O)(=O)c2c(F)cccc2O1. The monoisotopic (exact) mass is 259 g/mol. The second-order valence-corrected chi connectivity index (χ2v) is 5.65. The van der Waals surface area contributed by atoms with Crippen molar-refractivity contribution in [1.82, 2.24) is 4.72 Å². The quantitative estimate of drug-likeness (QED) is 0.879. The highest BCUT2D eigenvalue weighted by Gasteiger charge is 2.29. The number of sulfonamides is 1. The molecule has 0 bridgehead atoms. The lowest BCUT2D eigenvalue weighted by Crippen LogP contribution is -2.32. The van der Waals surface area contributed by atoms with Gasteiger partial charge in [-0.25, -0.2) is 17.5 Å². The largest absolute Gasteiger partial charge is 0.488 e. The Bertz CT molecular complexity index is 515. The Balaban J connectivity index is 2.47. The third-order valence-corrected chi connectivity index (χ3v) is 4.09. The highest BCUT2D eigenvalue weighted by Crippen LogP contribution is 2.29. The summed E-state index contributed by atoms with van der Waals surface area (Å²) >= 11 is 0. The van der Waals surface area contributed by atoms with Crippen molar-refractivity contribution in [3.05, 3.63) is 24.0 Å². The van der Waals surface area contributed by atoms with E-state index in [0.29, 0.717) is 0 Å². The number of ether oxygens (including phenoxy) is 1. The fourth-order valence-corrected chi connectivity index (χ4v) is 3.08. The molecule has 0 aromatic heterocycles. The minimum Gasteiger partial charge on any atom is -0.488 e. The molecule has 1 N–H and O–H groups in total. The van der Waals surface area contributed by atoms with Gasteiger partial charge in [0.15, 0.2) is 4.90 Å². The summed E-state index contributed by atoms with van der Waals surface area (Å²) in [6.45, 7) is 2.15. The van der Waals surface area contributed by atoms with Crippen LogP contribution < -0.4 is 9.46 Å². The smallest absolute Gasteiger partial charge is 0.247 e. The van der Waals surface area contributed by atoms with Crippen LogP contribution in [0.4, 0.5) is 4.39 Å². The van der Waals surface area contributed by atoms with Crippen LogP contribution in [0.5, 0.6) is 5.75 Å². The molecule has 6 heteroatoms. The molecule has 1 aromatic carbocycles. The standard InChI is InChI=1S/C11H14FNO3S/c1-2-4-8-7-13-17(14,15)11-9(12)5-3-6-10(11)16-8/h3,5-6,8,13H,2,4,7H2,1H3/t8-/m1/s1. The molecule has 0 aliphatic carbocycles. The fraction of sp³-hybridized carbons (Fsp3) is 0.455. The zero-order valence-corrected chi connectivity index (χ0v) is 10.3. The van der Waals surface area contributed by atoms with E-state index in [1.165, 1.54) is 12.1 Å². The highest BCUT2D eigenvalue weighted by molar-refractivity contribution is 7.89. The van der Waals surface area contributed by atoms with Crippen LogP contribution in [0.1, 0.15) is 19.8 Å². The van der Waals surface area contributed by atoms with Crippen molar-refractivity contribution in [3.63, 3.8) is 0 Å². The van der Waals surface area contributed by atoms with Gasteiger partial charge in [0.1, 0.15) is 17.7 Å². The summed E-state index contributed by atoms with van der Waals surface area (Å²) in [4.78, 5) is -0.390. The van der Waals surface area contributed by atoms with Crippen LogP contribution in [0.2, 0.25) is 0 Å². The third-order valence-electron chi connectivity index (χ3n) is 2.60. The van der Waals surface area contributed by atoms with E-state index in [9.17, 15) is 12.8 Å². The molecule has 0 saturated carbocycles. The van der Waals surface area contributed by atoms with E-state index in [0.717, 1.165) is 18.9 Å². The Hall–Kier alpha value is -1.14. The summed E-state index contributed by atoms with van der Waals surface area (Å²) in [5.74, 6) is -0.694. The Morgan fingerprint density at radius 1 is 1.53 bits per heavy atom. The van der Waals surface area contributed by atoms with Gasteiger partial charge in [0, 0.05) is 6.54 Å². The molecule has 94 valence electrons. The number of halogens is 1. The lowest BCUT2D eigenvalue weighted by Gasteiger charge is -2.15. The van der Waals surface area contributed by atoms with Crippen LogP contribution in [0.3, 0.4) is 0 Å². The van der Waals surface area contributed by atoms with Gasteiger partial charge < -0.3 is 4.74 Å². The lowest BCUT2D eigenvalue weighted by atomic mass is 10.2. The van der Waals surface area contributed by atoms with Crippen LogP contribution in [0.15, 0.2) is 23.1 Å². The Morgan fingerprint density at radius 3 is 3.00 bits per heavy atom. The maximum atomic E-state index is 13.6. The van der Waals surface area contributed by atoms with E-state index >= 15 is 0 Å². The number of hydrogen-bond acceptors (Lipinski definition) is 3. The van der Waals surface area contributed by atoms with Crippen LogP contribution in [0, 0.1) is 5.82 Å². The van der Waals surface area contributed by atoms with Crippen LogP contribution in [-0.2, 0) is 10.0 Å². The van der Waals surface area contributed by atoms with Crippen molar-refractivity contribution in [2.24, 2.45) is 0 Å². The molecule has 2 rings (SSSR count). The van der Waals surface area contributed by atoms with Crippen molar-refractivity contribution >= 4 is 10.0 Å². The first kappa shape index (κ1) is 12.3. The van der Waals surface area contributed by atoms with Crippen LogP contribution in [-0.4, -0.2) is 21.1 Å². The van der Waals surface area contributed by atoms with E-state index in [2.05, 4.69) is 4.72 Å². The van der Waals surface area contributed by atoms with Gasteiger partial charge in [0.25, 0.3) is 0 Å². The summed E-state index contributed by atoms with van der Waals surface area (Å²) in [5.41, 5.74) is 0. The summed E-state index contributed by atoms with van der Waals surface area (Å²) < 4.78 is 45.1. The van der Waals surface area contributed by atoms with Crippen LogP contribution >= 0.6 is 0 Å². The van der Waals surface area contributed by atoms with E-state index in [-0.39, 0.29) is 18.4 Å². The van der Waals surface area contributed by atoms with Gasteiger partial charge in [-0.1, -0.05) is 19.4 Å². The molecule has 0 radical (unpaired) electrons. The molecule has 0 unspecified atom stereocenters. The molecule has 1 aromatic rings. The molecule has 1 aliphatic heterocycles. The maximum Gasteiger partial charge on any atom is 0.247 e. The molecular formula is C11H14FNO3S. The van der Waals surface area contributed by atoms with Gasteiger partial charge in [-0.2, -0.15) is 0 Å². The molecule has 1 atom stereocenters. The Labute approximate surface area is 99.8 Å². The maximum absolute atomic E-state index is 13.6. The van der Waals surface area contributed by atoms with Gasteiger partial charge in [-0.05, 0) is 18.6 Å². The number of nitrogens with one attached hydrogen (secondary N) is 1. The molecule has 0 spiro atoms. The summed E-state index contributed by atoms with van der Waals surface area (Å²) in [6.07, 6.45) is 1.34. The minimum atomic E-state index is -3.81. The van der Waals surface area contributed by atoms with E-state index < -0.39 is 20.7 Å². The molecule has 0 fully saturated rings. The Kier molecular flexibility index (Phi) is 3.35. The Morgan fingerprint density at radius 2 is 2.29 bits per heavy atom. The zero-order chi connectivity index (χ0) is 12.5. The van der Waals surface area contributed by atoms with E-state index in [1.54, 1.807) is 0 Å². The molecule has 1 heterocycles. The van der Waals surface area contributed by atoms with Crippen molar-refractivity contribution in [1.29, 1.82) is 0 Å². The summed E-state index contributed by atoms with van der Waals surface area (Å²) in [5, 5.41) is 0. The minimum absolute atomic E-state index is 0.0912. The third kappa shape index (κ3) is 2.42. The normalized spacial score (nSPS) is 22.4. The van der Waals surface area contributed by atoms with Crippen molar-refractivity contribution in [3.8, 4) is 5.75 Å². The molecule has 0 saturated heterocycles. The van der Waals surface area contributed by atoms with Crippen LogP contribution in [0.25, 0.3) is 0 Å². The number of benzene rings is 1. The number of hydrogen-bond donors (Lipinski definition) is 1. The second kappa shape index (κ2) is 4.62. The fourth-order valence-electron chi connectivity index (χ4n) is 1.82. The molecule has 0 amide bonds. The van der Waals surface area contributed by atoms with E-state index in [1.807, 2.05) is 6.92 Å². The highest BCUT2D eigenvalue weighted by atomic mass is 32.2. The van der Waals surface area contributed by atoms with Crippen molar-refractivity contribution in [2.45, 2.75) is 30.8 Å². The average Bonchev–Trinajstić information content (AvgIpc) is 2.37. The molecule has 17 heavy (non-hydrogen) atoms.